The molecule has 3 nitrogen and oxygen atoms in total. The highest BCUT2D eigenvalue weighted by atomic mass is 16.5. The topological polar surface area (TPSA) is 43.4 Å². The van der Waals surface area contributed by atoms with Crippen LogP contribution in [0.4, 0.5) is 0 Å². The van der Waals surface area contributed by atoms with Crippen LogP contribution in [0.2, 0.25) is 0 Å². The van der Waals surface area contributed by atoms with Crippen molar-refractivity contribution < 1.29 is 14.3 Å². The first kappa shape index (κ1) is 6.83. The summed E-state index contributed by atoms with van der Waals surface area (Å²) in [4.78, 5) is 21.3. The van der Waals surface area contributed by atoms with Gasteiger partial charge in [0.25, 0.3) is 0 Å². The van der Waals surface area contributed by atoms with Crippen LogP contribution < -0.4 is 0 Å². The average molecular weight is 154 g/mol. The number of rotatable bonds is 1. The van der Waals surface area contributed by atoms with E-state index in [0.29, 0.717) is 6.42 Å². The van der Waals surface area contributed by atoms with Crippen molar-refractivity contribution in [2.24, 2.45) is 11.8 Å². The van der Waals surface area contributed by atoms with Gasteiger partial charge in [0.15, 0.2) is 0 Å². The number of hydrogen-bond acceptors (Lipinski definition) is 3. The lowest BCUT2D eigenvalue weighted by Gasteiger charge is -2.07. The fourth-order valence-electron chi connectivity index (χ4n) is 2.07. The Bertz CT molecular complexity index is 200. The molecule has 1 heterocycles. The molecule has 11 heavy (non-hydrogen) atoms. The van der Waals surface area contributed by atoms with Gasteiger partial charge in [-0.1, -0.05) is 0 Å². The van der Waals surface area contributed by atoms with E-state index in [1.807, 2.05) is 0 Å². The molecule has 0 aromatic rings. The number of esters is 1. The monoisotopic (exact) mass is 154 g/mol. The zero-order valence-corrected chi connectivity index (χ0v) is 6.16. The van der Waals surface area contributed by atoms with Crippen LogP contribution in [0.25, 0.3) is 0 Å². The van der Waals surface area contributed by atoms with Gasteiger partial charge in [0.1, 0.15) is 12.4 Å². The molecule has 60 valence electrons. The zero-order valence-electron chi connectivity index (χ0n) is 6.16. The number of hydrogen-bond donors (Lipinski definition) is 0. The van der Waals surface area contributed by atoms with Crippen LogP contribution in [0, 0.1) is 11.8 Å². The van der Waals surface area contributed by atoms with Crippen molar-refractivity contribution in [1.29, 1.82) is 0 Å². The fraction of sp³-hybridized carbons (Fsp3) is 0.750. The molecule has 0 aromatic heterocycles. The molecule has 2 rings (SSSR count). The minimum absolute atomic E-state index is 0.0534. The van der Waals surface area contributed by atoms with Crippen molar-refractivity contribution in [1.82, 2.24) is 0 Å². The maximum absolute atomic E-state index is 10.8. The lowest BCUT2D eigenvalue weighted by molar-refractivity contribution is -0.141. The van der Waals surface area contributed by atoms with E-state index in [9.17, 15) is 9.59 Å². The van der Waals surface area contributed by atoms with Crippen molar-refractivity contribution in [2.45, 2.75) is 25.4 Å². The maximum atomic E-state index is 10.8. The summed E-state index contributed by atoms with van der Waals surface area (Å²) in [6, 6.07) is 0. The Morgan fingerprint density at radius 1 is 1.45 bits per heavy atom. The molecule has 3 atom stereocenters. The number of aldehydes is 1. The van der Waals surface area contributed by atoms with Crippen LogP contribution in [0.5, 0.6) is 0 Å². The van der Waals surface area contributed by atoms with Gasteiger partial charge in [-0.15, -0.1) is 0 Å². The SMILES string of the molecule is O=C[C@H]1CCC2OC(=O)C[C@H]21. The van der Waals surface area contributed by atoms with Crippen LogP contribution in [-0.2, 0) is 14.3 Å². The highest BCUT2D eigenvalue weighted by Gasteiger charge is 2.44. The Kier molecular flexibility index (Phi) is 1.44. The molecule has 1 unspecified atom stereocenters. The Morgan fingerprint density at radius 3 is 3.00 bits per heavy atom. The quantitative estimate of drug-likeness (QED) is 0.408. The molecule has 0 spiro atoms. The third-order valence-corrected chi connectivity index (χ3v) is 2.67. The van der Waals surface area contributed by atoms with Crippen LogP contribution in [-0.4, -0.2) is 18.4 Å². The summed E-state index contributed by atoms with van der Waals surface area (Å²) in [6.07, 6.45) is 3.24. The number of carbonyl (C=O) groups is 2. The van der Waals surface area contributed by atoms with Crippen LogP contribution in [0.1, 0.15) is 19.3 Å². The molecule has 3 heteroatoms. The molecule has 2 aliphatic rings. The molecular formula is C8H10O3. The summed E-state index contributed by atoms with van der Waals surface area (Å²) in [5.74, 6) is 0.137. The molecular weight excluding hydrogens is 144 g/mol. The summed E-state index contributed by atoms with van der Waals surface area (Å²) in [7, 11) is 0. The predicted octanol–water partition coefficient (Wildman–Crippen LogP) is 0.527. The summed E-state index contributed by atoms with van der Waals surface area (Å²) in [6.45, 7) is 0. The van der Waals surface area contributed by atoms with Gasteiger partial charge in [-0.05, 0) is 12.8 Å². The maximum Gasteiger partial charge on any atom is 0.306 e. The van der Waals surface area contributed by atoms with Crippen LogP contribution in [0.15, 0.2) is 0 Å². The first-order valence-electron chi connectivity index (χ1n) is 3.96. The van der Waals surface area contributed by atoms with Crippen molar-refractivity contribution in [3.63, 3.8) is 0 Å². The molecule has 1 aliphatic carbocycles. The van der Waals surface area contributed by atoms with Crippen molar-refractivity contribution in [3.8, 4) is 0 Å². The van der Waals surface area contributed by atoms with Crippen molar-refractivity contribution >= 4 is 12.3 Å². The number of fused-ring (bicyclic) bond motifs is 1. The normalized spacial score (nSPS) is 41.8. The Morgan fingerprint density at radius 2 is 2.27 bits per heavy atom. The average Bonchev–Trinajstić information content (AvgIpc) is 2.45. The molecule has 0 amide bonds. The molecule has 0 aromatic carbocycles. The smallest absolute Gasteiger partial charge is 0.306 e. The first-order valence-corrected chi connectivity index (χ1v) is 3.96. The first-order chi connectivity index (χ1) is 5.31. The minimum atomic E-state index is -0.133. The molecule has 0 radical (unpaired) electrons. The minimum Gasteiger partial charge on any atom is -0.462 e. The molecule has 0 N–H and O–H groups in total. The van der Waals surface area contributed by atoms with Gasteiger partial charge in [0, 0.05) is 11.8 Å². The Balaban J connectivity index is 2.12. The molecule has 1 aliphatic heterocycles. The standard InChI is InChI=1S/C8H10O3/c9-4-5-1-2-7-6(5)3-8(10)11-7/h4-7H,1-3H2/t5-,6+,7?/m1/s1. The lowest BCUT2D eigenvalue weighted by atomic mass is 9.95. The number of ether oxygens (including phenoxy) is 1. The number of carbonyl (C=O) groups excluding carboxylic acids is 2. The van der Waals surface area contributed by atoms with E-state index in [4.69, 9.17) is 4.74 Å². The molecule has 1 saturated heterocycles. The van der Waals surface area contributed by atoms with E-state index in [2.05, 4.69) is 0 Å². The molecule has 0 bridgehead atoms. The van der Waals surface area contributed by atoms with Gasteiger partial charge >= 0.3 is 5.97 Å². The highest BCUT2D eigenvalue weighted by Crippen LogP contribution is 2.39. The third kappa shape index (κ3) is 0.951. The van der Waals surface area contributed by atoms with Gasteiger partial charge in [0.2, 0.25) is 0 Å². The Labute approximate surface area is 64.7 Å². The predicted molar refractivity (Wildman–Crippen MR) is 36.8 cm³/mol. The summed E-state index contributed by atoms with van der Waals surface area (Å²) in [5.41, 5.74) is 0. The van der Waals surface area contributed by atoms with E-state index in [-0.39, 0.29) is 23.9 Å². The summed E-state index contributed by atoms with van der Waals surface area (Å²) < 4.78 is 5.02. The van der Waals surface area contributed by atoms with E-state index >= 15 is 0 Å². The third-order valence-electron chi connectivity index (χ3n) is 2.67. The summed E-state index contributed by atoms with van der Waals surface area (Å²) >= 11 is 0. The van der Waals surface area contributed by atoms with Crippen molar-refractivity contribution in [3.05, 3.63) is 0 Å². The second kappa shape index (κ2) is 2.32. The van der Waals surface area contributed by atoms with Gasteiger partial charge < -0.3 is 9.53 Å². The van der Waals surface area contributed by atoms with E-state index in [1.54, 1.807) is 0 Å². The molecule has 2 fully saturated rings. The second-order valence-electron chi connectivity index (χ2n) is 3.27. The lowest BCUT2D eigenvalue weighted by Crippen LogP contribution is -2.14. The largest absolute Gasteiger partial charge is 0.462 e. The second-order valence-corrected chi connectivity index (χ2v) is 3.27. The van der Waals surface area contributed by atoms with Crippen LogP contribution in [0.3, 0.4) is 0 Å². The molecule has 1 saturated carbocycles. The zero-order chi connectivity index (χ0) is 7.84. The van der Waals surface area contributed by atoms with Crippen molar-refractivity contribution in [2.75, 3.05) is 0 Å². The fourth-order valence-corrected chi connectivity index (χ4v) is 2.07. The summed E-state index contributed by atoms with van der Waals surface area (Å²) in [5, 5.41) is 0. The van der Waals surface area contributed by atoms with E-state index in [0.717, 1.165) is 19.1 Å². The Hall–Kier alpha value is -0.860. The van der Waals surface area contributed by atoms with Gasteiger partial charge in [-0.3, -0.25) is 4.79 Å². The van der Waals surface area contributed by atoms with E-state index in [1.165, 1.54) is 0 Å². The van der Waals surface area contributed by atoms with Gasteiger partial charge in [-0.2, -0.15) is 0 Å². The highest BCUT2D eigenvalue weighted by molar-refractivity contribution is 5.73. The van der Waals surface area contributed by atoms with E-state index < -0.39 is 0 Å². The van der Waals surface area contributed by atoms with Crippen LogP contribution >= 0.6 is 0 Å². The van der Waals surface area contributed by atoms with Gasteiger partial charge in [0.05, 0.1) is 6.42 Å². The van der Waals surface area contributed by atoms with Gasteiger partial charge in [-0.25, -0.2) is 0 Å².